The van der Waals surface area contributed by atoms with Gasteiger partial charge in [-0.05, 0) is 18.2 Å². The Bertz CT molecular complexity index is 407. The van der Waals surface area contributed by atoms with E-state index in [0.717, 1.165) is 11.3 Å². The number of benzene rings is 1. The summed E-state index contributed by atoms with van der Waals surface area (Å²) in [5.74, 6) is 0. The monoisotopic (exact) mass is 192 g/mol. The first-order valence-corrected chi connectivity index (χ1v) is 4.34. The number of hydrogen-bond donors (Lipinski definition) is 2. The lowest BCUT2D eigenvalue weighted by Gasteiger charge is -2.04. The van der Waals surface area contributed by atoms with Crippen LogP contribution in [0.2, 0.25) is 5.02 Å². The third-order valence-corrected chi connectivity index (χ3v) is 2.27. The Hall–Kier alpha value is -1.41. The van der Waals surface area contributed by atoms with E-state index in [1.165, 1.54) is 0 Å². The molecule has 2 rings (SSSR count). The largest absolute Gasteiger partial charge is 0.397 e. The van der Waals surface area contributed by atoms with Crippen LogP contribution >= 0.6 is 11.6 Å². The van der Waals surface area contributed by atoms with Crippen molar-refractivity contribution in [1.29, 1.82) is 0 Å². The van der Waals surface area contributed by atoms with Crippen molar-refractivity contribution in [3.05, 3.63) is 41.6 Å². The number of halogens is 1. The highest BCUT2D eigenvalue weighted by Gasteiger charge is 2.04. The van der Waals surface area contributed by atoms with Crippen molar-refractivity contribution < 1.29 is 0 Å². The van der Waals surface area contributed by atoms with Crippen LogP contribution in [0, 0.1) is 0 Å². The van der Waals surface area contributed by atoms with Crippen LogP contribution < -0.4 is 5.73 Å². The molecule has 66 valence electrons. The van der Waals surface area contributed by atoms with Crippen molar-refractivity contribution in [2.75, 3.05) is 5.73 Å². The number of rotatable bonds is 1. The molecule has 0 unspecified atom stereocenters. The van der Waals surface area contributed by atoms with E-state index in [0.29, 0.717) is 10.7 Å². The molecule has 3 N–H and O–H groups in total. The van der Waals surface area contributed by atoms with Gasteiger partial charge in [-0.3, -0.25) is 0 Å². The van der Waals surface area contributed by atoms with E-state index in [9.17, 15) is 0 Å². The van der Waals surface area contributed by atoms with Crippen molar-refractivity contribution in [3.63, 3.8) is 0 Å². The minimum absolute atomic E-state index is 0.590. The average molecular weight is 193 g/mol. The fraction of sp³-hybridized carbons (Fsp3) is 0. The highest BCUT2D eigenvalue weighted by atomic mass is 35.5. The molecular weight excluding hydrogens is 184 g/mol. The number of H-pyrrole nitrogens is 1. The number of nitrogens with two attached hydrogens (primary N) is 1. The lowest BCUT2D eigenvalue weighted by atomic mass is 10.1. The highest BCUT2D eigenvalue weighted by molar-refractivity contribution is 6.33. The van der Waals surface area contributed by atoms with E-state index in [-0.39, 0.29) is 0 Å². The molecule has 0 saturated carbocycles. The topological polar surface area (TPSA) is 41.8 Å². The van der Waals surface area contributed by atoms with Gasteiger partial charge in [-0.1, -0.05) is 23.7 Å². The summed E-state index contributed by atoms with van der Waals surface area (Å²) < 4.78 is 0. The maximum absolute atomic E-state index is 5.89. The predicted octanol–water partition coefficient (Wildman–Crippen LogP) is 2.92. The maximum Gasteiger partial charge on any atom is 0.0642 e. The number of anilines is 1. The fourth-order valence-corrected chi connectivity index (χ4v) is 1.44. The Kier molecular flexibility index (Phi) is 1.99. The SMILES string of the molecule is Nc1c(Cl)cccc1-c1ccc[nH]1. The molecule has 0 amide bonds. The van der Waals surface area contributed by atoms with E-state index in [1.807, 2.05) is 30.5 Å². The Morgan fingerprint density at radius 1 is 1.15 bits per heavy atom. The average Bonchev–Trinajstić information content (AvgIpc) is 2.62. The van der Waals surface area contributed by atoms with E-state index in [4.69, 9.17) is 17.3 Å². The predicted molar refractivity (Wildman–Crippen MR) is 55.7 cm³/mol. The Balaban J connectivity index is 2.59. The van der Waals surface area contributed by atoms with Gasteiger partial charge >= 0.3 is 0 Å². The minimum Gasteiger partial charge on any atom is -0.397 e. The van der Waals surface area contributed by atoms with Crippen molar-refractivity contribution in [1.82, 2.24) is 4.98 Å². The summed E-state index contributed by atoms with van der Waals surface area (Å²) in [4.78, 5) is 3.08. The van der Waals surface area contributed by atoms with Crippen LogP contribution in [0.5, 0.6) is 0 Å². The van der Waals surface area contributed by atoms with Crippen molar-refractivity contribution in [2.24, 2.45) is 0 Å². The second-order valence-electron chi connectivity index (χ2n) is 2.78. The molecule has 0 aliphatic carbocycles. The first-order valence-electron chi connectivity index (χ1n) is 3.97. The van der Waals surface area contributed by atoms with Gasteiger partial charge in [0, 0.05) is 17.5 Å². The molecule has 0 fully saturated rings. The summed E-state index contributed by atoms with van der Waals surface area (Å²) in [6, 6.07) is 9.49. The van der Waals surface area contributed by atoms with E-state index in [2.05, 4.69) is 4.98 Å². The summed E-state index contributed by atoms with van der Waals surface area (Å²) in [6.45, 7) is 0. The number of para-hydroxylation sites is 1. The molecule has 3 heteroatoms. The summed E-state index contributed by atoms with van der Waals surface area (Å²) in [5.41, 5.74) is 8.37. The molecule has 0 atom stereocenters. The third-order valence-electron chi connectivity index (χ3n) is 1.94. The number of aromatic nitrogens is 1. The van der Waals surface area contributed by atoms with Gasteiger partial charge in [0.2, 0.25) is 0 Å². The number of aromatic amines is 1. The van der Waals surface area contributed by atoms with Gasteiger partial charge in [-0.25, -0.2) is 0 Å². The zero-order valence-electron chi connectivity index (χ0n) is 6.92. The molecule has 1 aromatic carbocycles. The molecule has 1 aromatic heterocycles. The van der Waals surface area contributed by atoms with Gasteiger partial charge in [0.1, 0.15) is 0 Å². The van der Waals surface area contributed by atoms with Gasteiger partial charge in [0.15, 0.2) is 0 Å². The summed E-state index contributed by atoms with van der Waals surface area (Å²) in [6.07, 6.45) is 1.86. The molecule has 0 bridgehead atoms. The van der Waals surface area contributed by atoms with Crippen LogP contribution in [0.25, 0.3) is 11.3 Å². The smallest absolute Gasteiger partial charge is 0.0642 e. The van der Waals surface area contributed by atoms with Gasteiger partial charge in [-0.2, -0.15) is 0 Å². The van der Waals surface area contributed by atoms with Crippen LogP contribution in [0.4, 0.5) is 5.69 Å². The quantitative estimate of drug-likeness (QED) is 0.671. The van der Waals surface area contributed by atoms with Crippen LogP contribution in [0.15, 0.2) is 36.5 Å². The van der Waals surface area contributed by atoms with Crippen molar-refractivity contribution >= 4 is 17.3 Å². The first-order chi connectivity index (χ1) is 6.29. The molecule has 0 spiro atoms. The molecule has 2 nitrogen and oxygen atoms in total. The Morgan fingerprint density at radius 3 is 2.69 bits per heavy atom. The molecule has 1 heterocycles. The number of hydrogen-bond acceptors (Lipinski definition) is 1. The summed E-state index contributed by atoms with van der Waals surface area (Å²) >= 11 is 5.89. The van der Waals surface area contributed by atoms with Gasteiger partial charge in [0.05, 0.1) is 10.7 Å². The van der Waals surface area contributed by atoms with Crippen LogP contribution in [0.3, 0.4) is 0 Å². The Labute approximate surface area is 81.3 Å². The molecule has 0 aliphatic rings. The lowest BCUT2D eigenvalue weighted by molar-refractivity contribution is 1.40. The van der Waals surface area contributed by atoms with Crippen molar-refractivity contribution in [3.8, 4) is 11.3 Å². The van der Waals surface area contributed by atoms with Gasteiger partial charge < -0.3 is 10.7 Å². The second-order valence-corrected chi connectivity index (χ2v) is 3.19. The number of nitrogens with one attached hydrogen (secondary N) is 1. The lowest BCUT2D eigenvalue weighted by Crippen LogP contribution is -1.90. The van der Waals surface area contributed by atoms with E-state index in [1.54, 1.807) is 6.07 Å². The van der Waals surface area contributed by atoms with Crippen LogP contribution in [-0.4, -0.2) is 4.98 Å². The third kappa shape index (κ3) is 1.40. The standard InChI is InChI=1S/C10H9ClN2/c11-8-4-1-3-7(10(8)12)9-5-2-6-13-9/h1-6,13H,12H2. The molecule has 0 saturated heterocycles. The van der Waals surface area contributed by atoms with Crippen LogP contribution in [-0.2, 0) is 0 Å². The normalized spacial score (nSPS) is 10.2. The Morgan fingerprint density at radius 2 is 2.00 bits per heavy atom. The fourth-order valence-electron chi connectivity index (χ4n) is 1.27. The second kappa shape index (κ2) is 3.15. The molecule has 0 radical (unpaired) electrons. The van der Waals surface area contributed by atoms with Gasteiger partial charge in [0.25, 0.3) is 0 Å². The first kappa shape index (κ1) is 8.20. The van der Waals surface area contributed by atoms with Crippen molar-refractivity contribution in [2.45, 2.75) is 0 Å². The van der Waals surface area contributed by atoms with Gasteiger partial charge in [-0.15, -0.1) is 0 Å². The summed E-state index contributed by atoms with van der Waals surface area (Å²) in [7, 11) is 0. The highest BCUT2D eigenvalue weighted by Crippen LogP contribution is 2.29. The molecule has 13 heavy (non-hydrogen) atoms. The van der Waals surface area contributed by atoms with Crippen LogP contribution in [0.1, 0.15) is 0 Å². The zero-order valence-corrected chi connectivity index (χ0v) is 7.68. The van der Waals surface area contributed by atoms with E-state index >= 15 is 0 Å². The molecular formula is C10H9ClN2. The number of nitrogen functional groups attached to an aromatic ring is 1. The molecule has 2 aromatic rings. The zero-order chi connectivity index (χ0) is 9.26. The summed E-state index contributed by atoms with van der Waals surface area (Å²) in [5, 5.41) is 0.590. The maximum atomic E-state index is 5.89. The minimum atomic E-state index is 0.590. The van der Waals surface area contributed by atoms with E-state index < -0.39 is 0 Å². The molecule has 0 aliphatic heterocycles.